The lowest BCUT2D eigenvalue weighted by Gasteiger charge is -2.63. The summed E-state index contributed by atoms with van der Waals surface area (Å²) in [6.07, 6.45) is 8.90. The first kappa shape index (κ1) is 20.4. The van der Waals surface area contributed by atoms with E-state index in [1.165, 1.54) is 31.9 Å². The van der Waals surface area contributed by atoms with Crippen LogP contribution in [0.3, 0.4) is 0 Å². The molecule has 28 heavy (non-hydrogen) atoms. The zero-order valence-electron chi connectivity index (χ0n) is 17.3. The van der Waals surface area contributed by atoms with Gasteiger partial charge in [-0.3, -0.25) is 4.99 Å². The van der Waals surface area contributed by atoms with Gasteiger partial charge >= 0.3 is 0 Å². The second-order valence-corrected chi connectivity index (χ2v) is 11.4. The minimum atomic E-state index is -2.89. The van der Waals surface area contributed by atoms with E-state index in [1.54, 1.807) is 0 Å². The van der Waals surface area contributed by atoms with Gasteiger partial charge in [-0.05, 0) is 39.0 Å². The van der Waals surface area contributed by atoms with Crippen LogP contribution in [0, 0.1) is 11.3 Å². The molecule has 1 spiro atoms. The fraction of sp³-hybridized carbons (Fsp3) is 0.950. The van der Waals surface area contributed by atoms with Crippen LogP contribution in [0.1, 0.15) is 45.4 Å². The van der Waals surface area contributed by atoms with E-state index in [9.17, 15) is 8.42 Å². The summed E-state index contributed by atoms with van der Waals surface area (Å²) < 4.78 is 28.8. The molecular weight excluding hydrogens is 376 g/mol. The maximum Gasteiger partial charge on any atom is 0.191 e. The van der Waals surface area contributed by atoms with E-state index in [1.807, 2.05) is 0 Å². The predicted octanol–water partition coefficient (Wildman–Crippen LogP) is 1.01. The Morgan fingerprint density at radius 3 is 2.57 bits per heavy atom. The molecule has 2 N–H and O–H groups in total. The zero-order chi connectivity index (χ0) is 19.8. The summed E-state index contributed by atoms with van der Waals surface area (Å²) in [5, 5.41) is 7.46. The number of aliphatic imine (C=N–C) groups is 1. The van der Waals surface area contributed by atoms with Gasteiger partial charge in [0.15, 0.2) is 5.96 Å². The summed E-state index contributed by atoms with van der Waals surface area (Å²) in [6, 6.07) is 0.904. The summed E-state index contributed by atoms with van der Waals surface area (Å²) in [4.78, 5) is 6.99. The van der Waals surface area contributed by atoms with Gasteiger partial charge in [-0.15, -0.1) is 0 Å². The third-order valence-corrected chi connectivity index (χ3v) is 8.28. The average Bonchev–Trinajstić information content (AvgIpc) is 3.02. The number of nitrogens with zero attached hydrogens (tertiary/aromatic N) is 2. The third-order valence-electron chi connectivity index (χ3n) is 7.35. The molecule has 8 heteroatoms. The van der Waals surface area contributed by atoms with Crippen LogP contribution in [-0.4, -0.2) is 82.3 Å². The largest absolute Gasteiger partial charge is 0.377 e. The topological polar surface area (TPSA) is 83.0 Å². The summed E-state index contributed by atoms with van der Waals surface area (Å²) >= 11 is 0. The Kier molecular flexibility index (Phi) is 5.91. The molecule has 0 radical (unpaired) electrons. The van der Waals surface area contributed by atoms with Gasteiger partial charge < -0.3 is 20.3 Å². The van der Waals surface area contributed by atoms with Crippen LogP contribution in [0.25, 0.3) is 0 Å². The molecule has 0 aromatic heterocycles. The van der Waals surface area contributed by atoms with Crippen LogP contribution in [0.5, 0.6) is 0 Å². The summed E-state index contributed by atoms with van der Waals surface area (Å²) in [7, 11) is -2.89. The van der Waals surface area contributed by atoms with Crippen LogP contribution in [0.4, 0.5) is 0 Å². The van der Waals surface area contributed by atoms with Gasteiger partial charge in [0.2, 0.25) is 0 Å². The number of guanidine groups is 1. The second kappa shape index (κ2) is 8.11. The first-order chi connectivity index (χ1) is 13.4. The van der Waals surface area contributed by atoms with Crippen molar-refractivity contribution in [1.82, 2.24) is 15.5 Å². The molecule has 0 amide bonds. The Labute approximate surface area is 169 Å². The lowest BCUT2D eigenvalue weighted by molar-refractivity contribution is -0.171. The second-order valence-electron chi connectivity index (χ2n) is 9.17. The van der Waals surface area contributed by atoms with Crippen LogP contribution < -0.4 is 10.6 Å². The zero-order valence-corrected chi connectivity index (χ0v) is 18.1. The number of fused-ring (bicyclic) bond motifs is 2. The molecule has 2 saturated carbocycles. The molecule has 2 heterocycles. The van der Waals surface area contributed by atoms with Crippen molar-refractivity contribution in [2.75, 3.05) is 44.8 Å². The smallest absolute Gasteiger partial charge is 0.191 e. The molecule has 4 rings (SSSR count). The number of hydrogen-bond donors (Lipinski definition) is 2. The van der Waals surface area contributed by atoms with Crippen LogP contribution >= 0.6 is 0 Å². The lowest BCUT2D eigenvalue weighted by atomic mass is 9.46. The predicted molar refractivity (Wildman–Crippen MR) is 111 cm³/mol. The van der Waals surface area contributed by atoms with Gasteiger partial charge in [0.25, 0.3) is 0 Å². The van der Waals surface area contributed by atoms with Crippen LogP contribution in [-0.2, 0) is 14.6 Å². The number of rotatable bonds is 6. The molecule has 160 valence electrons. The Morgan fingerprint density at radius 1 is 1.21 bits per heavy atom. The van der Waals surface area contributed by atoms with E-state index in [2.05, 4.69) is 22.5 Å². The summed E-state index contributed by atoms with van der Waals surface area (Å²) in [5.41, 5.74) is 0.354. The molecule has 2 saturated heterocycles. The molecule has 7 nitrogen and oxygen atoms in total. The van der Waals surface area contributed by atoms with Gasteiger partial charge in [0, 0.05) is 62.5 Å². The van der Waals surface area contributed by atoms with Gasteiger partial charge in [-0.2, -0.15) is 0 Å². The number of hydrogen-bond acceptors (Lipinski definition) is 5. The van der Waals surface area contributed by atoms with Gasteiger partial charge in [-0.25, -0.2) is 8.42 Å². The lowest BCUT2D eigenvalue weighted by Crippen LogP contribution is -2.72. The molecule has 4 fully saturated rings. The van der Waals surface area contributed by atoms with E-state index in [0.717, 1.165) is 45.0 Å². The Bertz CT molecular complexity index is 684. The Morgan fingerprint density at radius 2 is 1.96 bits per heavy atom. The highest BCUT2D eigenvalue weighted by Gasteiger charge is 2.66. The fourth-order valence-corrected chi connectivity index (χ4v) is 6.27. The molecule has 0 aromatic rings. The highest BCUT2D eigenvalue weighted by molar-refractivity contribution is 7.90. The van der Waals surface area contributed by atoms with Crippen LogP contribution in [0.15, 0.2) is 4.99 Å². The molecular formula is C20H36N4O3S. The number of ether oxygens (including phenoxy) is 1. The van der Waals surface area contributed by atoms with Gasteiger partial charge in [-0.1, -0.05) is 6.42 Å². The number of sulfone groups is 1. The van der Waals surface area contributed by atoms with E-state index in [4.69, 9.17) is 9.73 Å². The summed E-state index contributed by atoms with van der Waals surface area (Å²) in [6.45, 7) is 6.30. The minimum Gasteiger partial charge on any atom is -0.377 e. The van der Waals surface area contributed by atoms with Gasteiger partial charge in [0.1, 0.15) is 9.84 Å². The summed E-state index contributed by atoms with van der Waals surface area (Å²) in [5.74, 6) is 1.85. The van der Waals surface area contributed by atoms with E-state index in [0.29, 0.717) is 36.1 Å². The monoisotopic (exact) mass is 412 g/mol. The molecule has 4 aliphatic rings. The van der Waals surface area contributed by atoms with Crippen LogP contribution in [0.2, 0.25) is 0 Å². The standard InChI is InChI=1S/C20H36N4O3S/c1-3-21-19(22-15-5-10-24(11-6-15)12-14-28(2,25)26)23-17-16-7-13-27-18(16)20(17)8-4-9-20/h15-18H,3-14H2,1-2H3,(H2,21,22,23). The first-order valence-electron chi connectivity index (χ1n) is 11.0. The molecule has 0 aromatic carbocycles. The molecule has 3 unspecified atom stereocenters. The Hall–Kier alpha value is -0.860. The third kappa shape index (κ3) is 4.05. The quantitative estimate of drug-likeness (QED) is 0.500. The van der Waals surface area contributed by atoms with E-state index >= 15 is 0 Å². The molecule has 2 aliphatic carbocycles. The SMILES string of the molecule is CCN=C(NC1CCN(CCS(C)(=O)=O)CC1)NC1C2CCOC2C12CCC2. The molecule has 3 atom stereocenters. The average molecular weight is 413 g/mol. The molecule has 0 bridgehead atoms. The highest BCUT2D eigenvalue weighted by Crippen LogP contribution is 2.62. The maximum absolute atomic E-state index is 11.4. The van der Waals surface area contributed by atoms with E-state index in [-0.39, 0.29) is 5.75 Å². The van der Waals surface area contributed by atoms with Crippen molar-refractivity contribution in [2.45, 2.75) is 63.6 Å². The maximum atomic E-state index is 11.4. The normalized spacial score (nSPS) is 33.2. The van der Waals surface area contributed by atoms with Crippen molar-refractivity contribution in [3.63, 3.8) is 0 Å². The fourth-order valence-electron chi connectivity index (χ4n) is 5.68. The molecule has 2 aliphatic heterocycles. The van der Waals surface area contributed by atoms with Crippen molar-refractivity contribution in [3.8, 4) is 0 Å². The van der Waals surface area contributed by atoms with E-state index < -0.39 is 9.84 Å². The van der Waals surface area contributed by atoms with Crippen molar-refractivity contribution >= 4 is 15.8 Å². The first-order valence-corrected chi connectivity index (χ1v) is 13.1. The van der Waals surface area contributed by atoms with Crippen molar-refractivity contribution in [3.05, 3.63) is 0 Å². The number of likely N-dealkylation sites (tertiary alicyclic amines) is 1. The highest BCUT2D eigenvalue weighted by atomic mass is 32.2. The van der Waals surface area contributed by atoms with Crippen molar-refractivity contribution in [1.29, 1.82) is 0 Å². The number of nitrogens with one attached hydrogen (secondary N) is 2. The minimum absolute atomic E-state index is 0.254. The van der Waals surface area contributed by atoms with Gasteiger partial charge in [0.05, 0.1) is 11.9 Å². The number of piperidine rings is 1. The Balaban J connectivity index is 1.29. The van der Waals surface area contributed by atoms with Crippen molar-refractivity contribution in [2.24, 2.45) is 16.3 Å². The van der Waals surface area contributed by atoms with Crippen molar-refractivity contribution < 1.29 is 13.2 Å².